The summed E-state index contributed by atoms with van der Waals surface area (Å²) < 4.78 is 50.4. The van der Waals surface area contributed by atoms with Crippen LogP contribution in [0, 0.1) is 5.82 Å². The Bertz CT molecular complexity index is 1190. The number of nitrogens with zero attached hydrogens (tertiary/aromatic N) is 4. The predicted octanol–water partition coefficient (Wildman–Crippen LogP) is 1.61. The normalized spacial score (nSPS) is 15.1. The molecule has 2 N–H and O–H groups in total. The molecule has 0 unspecified atom stereocenters. The lowest BCUT2D eigenvalue weighted by Gasteiger charge is -2.33. The SMILES string of the molecule is NC(=O)c1ccc(S(=O)(=O)N2CCN(c3nccc(Oc4ccc(F)cc4)n3)CC2)o1. The Morgan fingerprint density at radius 3 is 2.42 bits per heavy atom. The van der Waals surface area contributed by atoms with Gasteiger partial charge in [0.2, 0.25) is 16.9 Å². The van der Waals surface area contributed by atoms with Crippen LogP contribution < -0.4 is 15.4 Å². The molecular weight excluding hydrogens is 429 g/mol. The average Bonchev–Trinajstić information content (AvgIpc) is 3.27. The molecule has 4 rings (SSSR count). The minimum Gasteiger partial charge on any atom is -0.439 e. The summed E-state index contributed by atoms with van der Waals surface area (Å²) >= 11 is 0. The molecule has 1 amide bonds. The first-order valence-corrected chi connectivity index (χ1v) is 10.7. The Hall–Kier alpha value is -3.51. The number of sulfonamides is 1. The first-order chi connectivity index (χ1) is 14.8. The van der Waals surface area contributed by atoms with Crippen LogP contribution in [0.2, 0.25) is 0 Å². The van der Waals surface area contributed by atoms with Gasteiger partial charge in [0, 0.05) is 38.4 Å². The van der Waals surface area contributed by atoms with Gasteiger partial charge in [0.25, 0.3) is 15.9 Å². The third-order valence-electron chi connectivity index (χ3n) is 4.59. The summed E-state index contributed by atoms with van der Waals surface area (Å²) in [6.07, 6.45) is 1.53. The van der Waals surface area contributed by atoms with Crippen molar-refractivity contribution in [3.63, 3.8) is 0 Å². The van der Waals surface area contributed by atoms with Gasteiger partial charge in [-0.2, -0.15) is 9.29 Å². The quantitative estimate of drug-likeness (QED) is 0.603. The molecule has 0 radical (unpaired) electrons. The lowest BCUT2D eigenvalue weighted by molar-refractivity contribution is 0.0968. The molecule has 3 heterocycles. The number of halogens is 1. The van der Waals surface area contributed by atoms with Crippen molar-refractivity contribution in [2.45, 2.75) is 5.09 Å². The maximum absolute atomic E-state index is 13.0. The van der Waals surface area contributed by atoms with Crippen molar-refractivity contribution in [1.82, 2.24) is 14.3 Å². The van der Waals surface area contributed by atoms with E-state index in [0.717, 1.165) is 0 Å². The smallest absolute Gasteiger partial charge is 0.284 e. The molecule has 3 aromatic rings. The van der Waals surface area contributed by atoms with E-state index in [1.54, 1.807) is 6.07 Å². The highest BCUT2D eigenvalue weighted by Gasteiger charge is 2.32. The third-order valence-corrected chi connectivity index (χ3v) is 6.37. The second-order valence-electron chi connectivity index (χ2n) is 6.62. The number of hydrogen-bond donors (Lipinski definition) is 1. The summed E-state index contributed by atoms with van der Waals surface area (Å²) in [5, 5.41) is -0.333. The van der Waals surface area contributed by atoms with Crippen LogP contribution in [-0.4, -0.2) is 54.8 Å². The Kier molecular flexibility index (Phi) is 5.57. The van der Waals surface area contributed by atoms with Crippen molar-refractivity contribution in [3.8, 4) is 11.6 Å². The molecule has 31 heavy (non-hydrogen) atoms. The van der Waals surface area contributed by atoms with Crippen molar-refractivity contribution >= 4 is 21.9 Å². The molecule has 1 aliphatic heterocycles. The van der Waals surface area contributed by atoms with Gasteiger partial charge in [-0.3, -0.25) is 4.79 Å². The largest absolute Gasteiger partial charge is 0.439 e. The summed E-state index contributed by atoms with van der Waals surface area (Å²) in [5.74, 6) is -0.346. The summed E-state index contributed by atoms with van der Waals surface area (Å²) in [4.78, 5) is 21.5. The van der Waals surface area contributed by atoms with Crippen LogP contribution in [-0.2, 0) is 10.0 Å². The zero-order valence-electron chi connectivity index (χ0n) is 16.1. The van der Waals surface area contributed by atoms with Crippen LogP contribution >= 0.6 is 0 Å². The number of benzene rings is 1. The number of anilines is 1. The highest BCUT2D eigenvalue weighted by atomic mass is 32.2. The molecule has 12 heteroatoms. The van der Waals surface area contributed by atoms with E-state index in [-0.39, 0.29) is 35.6 Å². The number of piperazine rings is 1. The molecule has 0 spiro atoms. The number of amides is 1. The Labute approximate surface area is 177 Å². The zero-order chi connectivity index (χ0) is 22.0. The second kappa shape index (κ2) is 8.32. The Morgan fingerprint density at radius 1 is 1.06 bits per heavy atom. The number of aromatic nitrogens is 2. The van der Waals surface area contributed by atoms with E-state index in [9.17, 15) is 17.6 Å². The molecule has 1 saturated heterocycles. The van der Waals surface area contributed by atoms with Crippen molar-refractivity contribution in [2.24, 2.45) is 5.73 Å². The zero-order valence-corrected chi connectivity index (χ0v) is 17.0. The van der Waals surface area contributed by atoms with Gasteiger partial charge in [-0.15, -0.1) is 0 Å². The molecule has 1 aromatic carbocycles. The Morgan fingerprint density at radius 2 is 1.77 bits per heavy atom. The van der Waals surface area contributed by atoms with Gasteiger partial charge >= 0.3 is 0 Å². The predicted molar refractivity (Wildman–Crippen MR) is 107 cm³/mol. The third kappa shape index (κ3) is 4.49. The highest BCUT2D eigenvalue weighted by molar-refractivity contribution is 7.89. The summed E-state index contributed by atoms with van der Waals surface area (Å²) in [7, 11) is -3.90. The summed E-state index contributed by atoms with van der Waals surface area (Å²) in [6, 6.07) is 9.54. The molecule has 1 fully saturated rings. The van der Waals surface area contributed by atoms with Crippen LogP contribution in [0.15, 0.2) is 58.2 Å². The maximum atomic E-state index is 13.0. The van der Waals surface area contributed by atoms with E-state index in [1.165, 1.54) is 46.9 Å². The number of furan rings is 1. The van der Waals surface area contributed by atoms with Gasteiger partial charge in [0.05, 0.1) is 0 Å². The molecule has 0 aliphatic carbocycles. The van der Waals surface area contributed by atoms with E-state index in [4.69, 9.17) is 14.9 Å². The van der Waals surface area contributed by atoms with Crippen LogP contribution in [0.1, 0.15) is 10.6 Å². The monoisotopic (exact) mass is 447 g/mol. The lowest BCUT2D eigenvalue weighted by atomic mass is 10.3. The fourth-order valence-electron chi connectivity index (χ4n) is 3.01. The number of ether oxygens (including phenoxy) is 1. The maximum Gasteiger partial charge on any atom is 0.284 e. The lowest BCUT2D eigenvalue weighted by Crippen LogP contribution is -2.49. The molecule has 0 bridgehead atoms. The van der Waals surface area contributed by atoms with Gasteiger partial charge in [-0.1, -0.05) is 0 Å². The van der Waals surface area contributed by atoms with Crippen LogP contribution in [0.3, 0.4) is 0 Å². The van der Waals surface area contributed by atoms with Crippen LogP contribution in [0.25, 0.3) is 0 Å². The van der Waals surface area contributed by atoms with Gasteiger partial charge in [0.1, 0.15) is 11.6 Å². The molecule has 1 aliphatic rings. The van der Waals surface area contributed by atoms with Crippen LogP contribution in [0.4, 0.5) is 10.3 Å². The number of hydrogen-bond acceptors (Lipinski definition) is 8. The fraction of sp³-hybridized carbons (Fsp3) is 0.211. The van der Waals surface area contributed by atoms with Crippen molar-refractivity contribution in [2.75, 3.05) is 31.1 Å². The van der Waals surface area contributed by atoms with Crippen molar-refractivity contribution in [3.05, 3.63) is 60.2 Å². The van der Waals surface area contributed by atoms with E-state index in [0.29, 0.717) is 24.8 Å². The number of primary amides is 1. The van der Waals surface area contributed by atoms with E-state index >= 15 is 0 Å². The number of carbonyl (C=O) groups is 1. The van der Waals surface area contributed by atoms with Gasteiger partial charge in [-0.25, -0.2) is 17.8 Å². The molecule has 10 nitrogen and oxygen atoms in total. The second-order valence-corrected chi connectivity index (χ2v) is 8.49. The molecule has 0 atom stereocenters. The average molecular weight is 447 g/mol. The number of nitrogens with two attached hydrogens (primary N) is 1. The summed E-state index contributed by atoms with van der Waals surface area (Å²) in [5.41, 5.74) is 5.11. The highest BCUT2D eigenvalue weighted by Crippen LogP contribution is 2.24. The van der Waals surface area contributed by atoms with Crippen molar-refractivity contribution < 1.29 is 26.8 Å². The number of carbonyl (C=O) groups excluding carboxylic acids is 1. The summed E-state index contributed by atoms with van der Waals surface area (Å²) in [6.45, 7) is 1.01. The molecule has 0 saturated carbocycles. The molecule has 2 aromatic heterocycles. The number of rotatable bonds is 6. The minimum atomic E-state index is -3.90. The topological polar surface area (TPSA) is 132 Å². The van der Waals surface area contributed by atoms with Gasteiger partial charge in [-0.05, 0) is 36.4 Å². The van der Waals surface area contributed by atoms with Gasteiger partial charge in [0.15, 0.2) is 5.76 Å². The molecular formula is C19H18FN5O5S. The minimum absolute atomic E-state index is 0.168. The van der Waals surface area contributed by atoms with Crippen LogP contribution in [0.5, 0.6) is 11.6 Å². The first-order valence-electron chi connectivity index (χ1n) is 9.24. The van der Waals surface area contributed by atoms with Gasteiger partial charge < -0.3 is 19.8 Å². The van der Waals surface area contributed by atoms with E-state index in [2.05, 4.69) is 9.97 Å². The van der Waals surface area contributed by atoms with E-state index in [1.807, 2.05) is 4.90 Å². The Balaban J connectivity index is 1.42. The fourth-order valence-corrected chi connectivity index (χ4v) is 4.35. The van der Waals surface area contributed by atoms with Crippen molar-refractivity contribution in [1.29, 1.82) is 0 Å². The van der Waals surface area contributed by atoms with E-state index < -0.39 is 15.9 Å². The first kappa shape index (κ1) is 20.8. The standard InChI is InChI=1S/C19H18FN5O5S/c20-13-1-3-14(4-2-13)29-16-7-8-22-19(23-16)24-9-11-25(12-10-24)31(27,28)17-6-5-15(30-17)18(21)26/h1-8H,9-12H2,(H2,21,26). The molecule has 162 valence electrons.